The third-order valence-electron chi connectivity index (χ3n) is 2.67. The smallest absolute Gasteiger partial charge is 0.259 e. The Morgan fingerprint density at radius 3 is 2.76 bits per heavy atom. The second-order valence-electron chi connectivity index (χ2n) is 4.12. The van der Waals surface area contributed by atoms with Crippen molar-refractivity contribution < 1.29 is 4.79 Å². The lowest BCUT2D eigenvalue weighted by Gasteiger charge is -2.01. The van der Waals surface area contributed by atoms with Crippen molar-refractivity contribution in [2.75, 3.05) is 5.32 Å². The van der Waals surface area contributed by atoms with Gasteiger partial charge in [-0.2, -0.15) is 0 Å². The van der Waals surface area contributed by atoms with Crippen LogP contribution >= 0.6 is 27.3 Å². The molecule has 3 rings (SSSR count). The van der Waals surface area contributed by atoms with Gasteiger partial charge < -0.3 is 0 Å². The highest BCUT2D eigenvalue weighted by atomic mass is 79.9. The molecule has 3 heterocycles. The van der Waals surface area contributed by atoms with Gasteiger partial charge in [0.1, 0.15) is 0 Å². The van der Waals surface area contributed by atoms with Gasteiger partial charge in [-0.25, -0.2) is 4.98 Å². The highest BCUT2D eigenvalue weighted by Gasteiger charge is 2.10. The van der Waals surface area contributed by atoms with Crippen LogP contribution in [0.4, 0.5) is 5.13 Å². The number of rotatable bonds is 3. The molecule has 3 aromatic heterocycles. The number of amides is 1. The summed E-state index contributed by atoms with van der Waals surface area (Å²) >= 11 is 4.67. The number of halogens is 1. The Morgan fingerprint density at radius 1 is 1.19 bits per heavy atom. The number of nitrogens with one attached hydrogen (secondary N) is 1. The first-order chi connectivity index (χ1) is 10.2. The molecule has 0 aliphatic heterocycles. The SMILES string of the molecule is O=C(Nc1nc(-c2ccncc2)cs1)c1cncc(Br)c1. The molecule has 1 N–H and O–H groups in total. The monoisotopic (exact) mass is 360 g/mol. The van der Waals surface area contributed by atoms with Crippen molar-refractivity contribution in [1.29, 1.82) is 0 Å². The molecule has 0 saturated heterocycles. The van der Waals surface area contributed by atoms with Gasteiger partial charge >= 0.3 is 0 Å². The van der Waals surface area contributed by atoms with E-state index in [1.807, 2.05) is 17.5 Å². The summed E-state index contributed by atoms with van der Waals surface area (Å²) in [5, 5.41) is 5.21. The number of hydrogen-bond donors (Lipinski definition) is 1. The molecule has 0 atom stereocenters. The zero-order valence-electron chi connectivity index (χ0n) is 10.7. The normalized spacial score (nSPS) is 10.3. The van der Waals surface area contributed by atoms with Crippen LogP contribution in [0.5, 0.6) is 0 Å². The molecule has 0 saturated carbocycles. The molecule has 0 aliphatic carbocycles. The predicted octanol–water partition coefficient (Wildman–Crippen LogP) is 3.61. The third-order valence-corrected chi connectivity index (χ3v) is 3.86. The minimum atomic E-state index is -0.237. The van der Waals surface area contributed by atoms with E-state index in [9.17, 15) is 4.79 Å². The van der Waals surface area contributed by atoms with Crippen LogP contribution in [-0.2, 0) is 0 Å². The number of aromatic nitrogens is 3. The lowest BCUT2D eigenvalue weighted by Crippen LogP contribution is -2.11. The molecule has 7 heteroatoms. The average Bonchev–Trinajstić information content (AvgIpc) is 2.97. The first kappa shape index (κ1) is 13.8. The maximum atomic E-state index is 12.1. The first-order valence-corrected chi connectivity index (χ1v) is 7.67. The Bertz CT molecular complexity index is 775. The van der Waals surface area contributed by atoms with Gasteiger partial charge in [-0.15, -0.1) is 11.3 Å². The van der Waals surface area contributed by atoms with Gasteiger partial charge in [0.05, 0.1) is 11.3 Å². The second kappa shape index (κ2) is 6.11. The van der Waals surface area contributed by atoms with Crippen LogP contribution in [0, 0.1) is 0 Å². The van der Waals surface area contributed by atoms with Crippen molar-refractivity contribution in [2.45, 2.75) is 0 Å². The minimum absolute atomic E-state index is 0.237. The molecular formula is C14H9BrN4OS. The number of nitrogens with zero attached hydrogens (tertiary/aromatic N) is 3. The van der Waals surface area contributed by atoms with Crippen molar-refractivity contribution in [1.82, 2.24) is 15.0 Å². The van der Waals surface area contributed by atoms with Crippen molar-refractivity contribution in [3.8, 4) is 11.3 Å². The van der Waals surface area contributed by atoms with E-state index in [4.69, 9.17) is 0 Å². The summed E-state index contributed by atoms with van der Waals surface area (Å²) in [4.78, 5) is 24.4. The number of thiazole rings is 1. The van der Waals surface area contributed by atoms with Crippen molar-refractivity contribution >= 4 is 38.3 Å². The molecule has 0 bridgehead atoms. The molecule has 3 aromatic rings. The predicted molar refractivity (Wildman–Crippen MR) is 85.2 cm³/mol. The Labute approximate surface area is 133 Å². The van der Waals surface area contributed by atoms with Crippen molar-refractivity contribution in [2.24, 2.45) is 0 Å². The number of carbonyl (C=O) groups is 1. The molecule has 0 aliphatic rings. The van der Waals surface area contributed by atoms with Crippen LogP contribution in [0.3, 0.4) is 0 Å². The van der Waals surface area contributed by atoms with E-state index in [1.54, 1.807) is 24.7 Å². The zero-order chi connectivity index (χ0) is 14.7. The van der Waals surface area contributed by atoms with Gasteiger partial charge in [0.15, 0.2) is 5.13 Å². The standard InChI is InChI=1S/C14H9BrN4OS/c15-11-5-10(6-17-7-11)13(20)19-14-18-12(8-21-14)9-1-3-16-4-2-9/h1-8H,(H,18,19,20). The van der Waals surface area contributed by atoms with E-state index in [0.29, 0.717) is 10.7 Å². The Hall–Kier alpha value is -2.12. The maximum Gasteiger partial charge on any atom is 0.259 e. The van der Waals surface area contributed by atoms with Crippen LogP contribution < -0.4 is 5.32 Å². The number of hydrogen-bond acceptors (Lipinski definition) is 5. The summed E-state index contributed by atoms with van der Waals surface area (Å²) < 4.78 is 0.756. The van der Waals surface area contributed by atoms with E-state index < -0.39 is 0 Å². The molecule has 0 fully saturated rings. The fourth-order valence-corrected chi connectivity index (χ4v) is 2.77. The van der Waals surface area contributed by atoms with Gasteiger partial charge in [0.25, 0.3) is 5.91 Å². The molecule has 0 radical (unpaired) electrons. The van der Waals surface area contributed by atoms with Gasteiger partial charge in [0, 0.05) is 40.2 Å². The largest absolute Gasteiger partial charge is 0.298 e. The second-order valence-corrected chi connectivity index (χ2v) is 5.89. The summed E-state index contributed by atoms with van der Waals surface area (Å²) in [7, 11) is 0. The summed E-state index contributed by atoms with van der Waals surface area (Å²) in [5.41, 5.74) is 2.25. The van der Waals surface area contributed by atoms with Gasteiger partial charge in [-0.3, -0.25) is 20.1 Å². The number of pyridine rings is 2. The zero-order valence-corrected chi connectivity index (χ0v) is 13.1. The molecular weight excluding hydrogens is 352 g/mol. The van der Waals surface area contributed by atoms with Crippen molar-refractivity contribution in [3.63, 3.8) is 0 Å². The molecule has 21 heavy (non-hydrogen) atoms. The molecule has 1 amide bonds. The molecule has 0 unspecified atom stereocenters. The van der Waals surface area contributed by atoms with Gasteiger partial charge in [-0.05, 0) is 34.1 Å². The van der Waals surface area contributed by atoms with Crippen LogP contribution in [-0.4, -0.2) is 20.9 Å². The Morgan fingerprint density at radius 2 is 2.00 bits per heavy atom. The van der Waals surface area contributed by atoms with Crippen molar-refractivity contribution in [3.05, 3.63) is 58.4 Å². The Balaban J connectivity index is 1.77. The minimum Gasteiger partial charge on any atom is -0.298 e. The van der Waals surface area contributed by atoms with Gasteiger partial charge in [-0.1, -0.05) is 0 Å². The first-order valence-electron chi connectivity index (χ1n) is 6.00. The van der Waals surface area contributed by atoms with Gasteiger partial charge in [0.2, 0.25) is 0 Å². The maximum absolute atomic E-state index is 12.1. The third kappa shape index (κ3) is 3.32. The summed E-state index contributed by atoms with van der Waals surface area (Å²) in [6.45, 7) is 0. The summed E-state index contributed by atoms with van der Waals surface area (Å²) in [6, 6.07) is 5.46. The molecule has 0 aromatic carbocycles. The fraction of sp³-hybridized carbons (Fsp3) is 0. The highest BCUT2D eigenvalue weighted by Crippen LogP contribution is 2.24. The lowest BCUT2D eigenvalue weighted by atomic mass is 10.2. The number of carbonyl (C=O) groups excluding carboxylic acids is 1. The van der Waals surface area contributed by atoms with Crippen LogP contribution in [0.25, 0.3) is 11.3 Å². The molecule has 104 valence electrons. The Kier molecular flexibility index (Phi) is 4.03. The topological polar surface area (TPSA) is 67.8 Å². The molecule has 0 spiro atoms. The number of anilines is 1. The van der Waals surface area contributed by atoms with E-state index >= 15 is 0 Å². The summed E-state index contributed by atoms with van der Waals surface area (Å²) in [5.74, 6) is -0.237. The van der Waals surface area contributed by atoms with E-state index in [2.05, 4.69) is 36.2 Å². The van der Waals surface area contributed by atoms with E-state index in [1.165, 1.54) is 17.5 Å². The van der Waals surface area contributed by atoms with E-state index in [-0.39, 0.29) is 5.91 Å². The van der Waals surface area contributed by atoms with Crippen LogP contribution in [0.1, 0.15) is 10.4 Å². The average molecular weight is 361 g/mol. The highest BCUT2D eigenvalue weighted by molar-refractivity contribution is 9.10. The fourth-order valence-electron chi connectivity index (χ4n) is 1.69. The lowest BCUT2D eigenvalue weighted by molar-refractivity contribution is 0.102. The quantitative estimate of drug-likeness (QED) is 0.774. The molecule has 5 nitrogen and oxygen atoms in total. The summed E-state index contributed by atoms with van der Waals surface area (Å²) in [6.07, 6.45) is 6.55. The van der Waals surface area contributed by atoms with E-state index in [0.717, 1.165) is 15.7 Å². The van der Waals surface area contributed by atoms with Crippen LogP contribution in [0.15, 0.2) is 52.8 Å². The van der Waals surface area contributed by atoms with Crippen LogP contribution in [0.2, 0.25) is 0 Å².